The Hall–Kier alpha value is -2.06. The molecule has 144 valence electrons. The van der Waals surface area contributed by atoms with Crippen LogP contribution in [-0.2, 0) is 11.3 Å². The molecule has 27 heavy (non-hydrogen) atoms. The summed E-state index contributed by atoms with van der Waals surface area (Å²) >= 11 is 0. The molecule has 0 unspecified atom stereocenters. The first-order valence-electron chi connectivity index (χ1n) is 10.3. The van der Waals surface area contributed by atoms with Gasteiger partial charge in [0.15, 0.2) is 0 Å². The molecule has 1 N–H and O–H groups in total. The van der Waals surface area contributed by atoms with E-state index in [9.17, 15) is 9.90 Å². The van der Waals surface area contributed by atoms with Gasteiger partial charge in [0, 0.05) is 36.9 Å². The minimum absolute atomic E-state index is 0.177. The van der Waals surface area contributed by atoms with Crippen molar-refractivity contribution >= 4 is 11.6 Å². The van der Waals surface area contributed by atoms with E-state index in [0.29, 0.717) is 18.5 Å². The number of hydrogen-bond acceptors (Lipinski definition) is 3. The molecule has 1 amide bonds. The van der Waals surface area contributed by atoms with Gasteiger partial charge in [-0.25, -0.2) is 6.57 Å². The predicted molar refractivity (Wildman–Crippen MR) is 105 cm³/mol. The molecule has 0 bridgehead atoms. The zero-order valence-corrected chi connectivity index (χ0v) is 15.9. The van der Waals surface area contributed by atoms with Gasteiger partial charge in [-0.1, -0.05) is 0 Å². The molecule has 1 atom stereocenters. The first-order chi connectivity index (χ1) is 13.1. The lowest BCUT2D eigenvalue weighted by atomic mass is 9.78. The highest BCUT2D eigenvalue weighted by atomic mass is 16.3. The van der Waals surface area contributed by atoms with Crippen LogP contribution in [0.1, 0.15) is 50.5 Å². The summed E-state index contributed by atoms with van der Waals surface area (Å²) in [4.78, 5) is 21.3. The second-order valence-electron chi connectivity index (χ2n) is 8.50. The Labute approximate surface area is 161 Å². The molecule has 1 spiro atoms. The Morgan fingerprint density at radius 2 is 1.85 bits per heavy atom. The van der Waals surface area contributed by atoms with Crippen molar-refractivity contribution in [1.82, 2.24) is 4.90 Å². The molecule has 0 radical (unpaired) electrons. The molecular formula is C22H29N3O2. The number of aliphatic hydroxyl groups is 1. The summed E-state index contributed by atoms with van der Waals surface area (Å²) in [5.41, 5.74) is 1.97. The number of piperidine rings is 1. The number of carbonyl (C=O) groups is 1. The van der Waals surface area contributed by atoms with Crippen molar-refractivity contribution in [3.8, 4) is 0 Å². The van der Waals surface area contributed by atoms with E-state index in [-0.39, 0.29) is 11.5 Å². The monoisotopic (exact) mass is 367 g/mol. The van der Waals surface area contributed by atoms with Crippen LogP contribution >= 0.6 is 0 Å². The van der Waals surface area contributed by atoms with Crippen molar-refractivity contribution < 1.29 is 9.90 Å². The van der Waals surface area contributed by atoms with Gasteiger partial charge in [-0.15, -0.1) is 0 Å². The summed E-state index contributed by atoms with van der Waals surface area (Å²) in [5.74, 6) is 0.346. The highest BCUT2D eigenvalue weighted by Crippen LogP contribution is 2.43. The third-order valence-electron chi connectivity index (χ3n) is 6.79. The summed E-state index contributed by atoms with van der Waals surface area (Å²) in [7, 11) is 0. The normalized spacial score (nSPS) is 31.3. The molecule has 2 heterocycles. The summed E-state index contributed by atoms with van der Waals surface area (Å²) in [6.45, 7) is 10.1. The molecule has 3 fully saturated rings. The van der Waals surface area contributed by atoms with Crippen LogP contribution in [0.3, 0.4) is 0 Å². The van der Waals surface area contributed by atoms with Gasteiger partial charge in [-0.3, -0.25) is 4.79 Å². The first-order valence-corrected chi connectivity index (χ1v) is 10.3. The fraction of sp³-hybridized carbons (Fsp3) is 0.636. The van der Waals surface area contributed by atoms with Crippen LogP contribution in [0.5, 0.6) is 0 Å². The van der Waals surface area contributed by atoms with E-state index in [1.807, 2.05) is 12.1 Å². The smallest absolute Gasteiger partial charge is 0.239 e. The molecule has 2 aliphatic heterocycles. The summed E-state index contributed by atoms with van der Waals surface area (Å²) in [5, 5.41) is 9.77. The van der Waals surface area contributed by atoms with Crippen molar-refractivity contribution in [3.05, 3.63) is 41.2 Å². The molecule has 5 heteroatoms. The van der Waals surface area contributed by atoms with Gasteiger partial charge >= 0.3 is 0 Å². The molecular weight excluding hydrogens is 338 g/mol. The average Bonchev–Trinajstić information content (AvgIpc) is 2.99. The molecule has 1 aromatic carbocycles. The van der Waals surface area contributed by atoms with Crippen LogP contribution in [0.25, 0.3) is 4.85 Å². The minimum Gasteiger partial charge on any atom is -0.393 e. The largest absolute Gasteiger partial charge is 0.393 e. The number of nitrogens with zero attached hydrogens (tertiary/aromatic N) is 3. The molecule has 1 aliphatic carbocycles. The number of carbonyl (C=O) groups excluding carboxylic acids is 1. The molecule has 5 nitrogen and oxygen atoms in total. The number of likely N-dealkylation sites (tertiary alicyclic amines) is 1. The van der Waals surface area contributed by atoms with Crippen LogP contribution in [0.4, 0.5) is 5.69 Å². The lowest BCUT2D eigenvalue weighted by molar-refractivity contribution is -0.139. The summed E-state index contributed by atoms with van der Waals surface area (Å²) < 4.78 is 0. The van der Waals surface area contributed by atoms with E-state index < -0.39 is 0 Å². The van der Waals surface area contributed by atoms with Crippen molar-refractivity contribution in [2.24, 2.45) is 5.41 Å². The molecule has 4 rings (SSSR count). The standard InChI is InChI=1S/C22H29N3O2/c1-23-15-17-3-5-18(6-4-17)24-13-2-11-22(16-24)12-14-25(21(22)27)19-7-9-20(26)10-8-19/h3-6,19-20,26H,2,7-16H2/t19?,20?,22-/m0/s1. The predicted octanol–water partition coefficient (Wildman–Crippen LogP) is 3.23. The van der Waals surface area contributed by atoms with E-state index in [1.165, 1.54) is 0 Å². The number of amides is 1. The summed E-state index contributed by atoms with van der Waals surface area (Å²) in [6.07, 6.45) is 6.34. The average molecular weight is 367 g/mol. The lowest BCUT2D eigenvalue weighted by Crippen LogP contribution is -2.50. The fourth-order valence-corrected chi connectivity index (χ4v) is 5.20. The molecule has 0 aromatic heterocycles. The van der Waals surface area contributed by atoms with E-state index in [1.54, 1.807) is 0 Å². The highest BCUT2D eigenvalue weighted by Gasteiger charge is 2.50. The van der Waals surface area contributed by atoms with Crippen LogP contribution < -0.4 is 4.90 Å². The zero-order chi connectivity index (χ0) is 18.9. The van der Waals surface area contributed by atoms with E-state index in [0.717, 1.165) is 75.8 Å². The van der Waals surface area contributed by atoms with Gasteiger partial charge < -0.3 is 19.8 Å². The zero-order valence-electron chi connectivity index (χ0n) is 15.9. The Morgan fingerprint density at radius 1 is 1.11 bits per heavy atom. The Bertz CT molecular complexity index is 718. The van der Waals surface area contributed by atoms with Crippen molar-refractivity contribution in [2.75, 3.05) is 24.5 Å². The van der Waals surface area contributed by atoms with E-state index in [4.69, 9.17) is 6.57 Å². The highest BCUT2D eigenvalue weighted by molar-refractivity contribution is 5.86. The number of rotatable bonds is 3. The Balaban J connectivity index is 1.45. The van der Waals surface area contributed by atoms with Crippen LogP contribution in [0, 0.1) is 12.0 Å². The number of anilines is 1. The quantitative estimate of drug-likeness (QED) is 0.835. The third kappa shape index (κ3) is 3.55. The molecule has 1 aromatic rings. The van der Waals surface area contributed by atoms with Crippen LogP contribution in [-0.4, -0.2) is 47.7 Å². The maximum Gasteiger partial charge on any atom is 0.239 e. The Morgan fingerprint density at radius 3 is 2.56 bits per heavy atom. The van der Waals surface area contributed by atoms with Gasteiger partial charge in [-0.05, 0) is 69.2 Å². The van der Waals surface area contributed by atoms with E-state index >= 15 is 0 Å². The van der Waals surface area contributed by atoms with Gasteiger partial charge in [0.05, 0.1) is 11.5 Å². The second-order valence-corrected chi connectivity index (χ2v) is 8.50. The first kappa shape index (κ1) is 18.3. The molecule has 3 aliphatic rings. The maximum atomic E-state index is 13.4. The topological polar surface area (TPSA) is 48.1 Å². The van der Waals surface area contributed by atoms with Crippen molar-refractivity contribution in [3.63, 3.8) is 0 Å². The fourth-order valence-electron chi connectivity index (χ4n) is 5.20. The maximum absolute atomic E-state index is 13.4. The van der Waals surface area contributed by atoms with Crippen LogP contribution in [0.2, 0.25) is 0 Å². The van der Waals surface area contributed by atoms with Gasteiger partial charge in [0.2, 0.25) is 12.5 Å². The number of aliphatic hydroxyl groups excluding tert-OH is 1. The Kier molecular flexibility index (Phi) is 5.10. The molecule has 1 saturated carbocycles. The van der Waals surface area contributed by atoms with Gasteiger partial charge in [0.25, 0.3) is 0 Å². The number of hydrogen-bond donors (Lipinski definition) is 1. The van der Waals surface area contributed by atoms with Gasteiger partial charge in [-0.2, -0.15) is 0 Å². The molecule has 2 saturated heterocycles. The van der Waals surface area contributed by atoms with Crippen LogP contribution in [0.15, 0.2) is 24.3 Å². The summed E-state index contributed by atoms with van der Waals surface area (Å²) in [6, 6.07) is 8.58. The number of benzene rings is 1. The van der Waals surface area contributed by atoms with Crippen molar-refractivity contribution in [2.45, 2.75) is 63.6 Å². The van der Waals surface area contributed by atoms with E-state index in [2.05, 4.69) is 26.8 Å². The van der Waals surface area contributed by atoms with Gasteiger partial charge in [0.1, 0.15) is 0 Å². The third-order valence-corrected chi connectivity index (χ3v) is 6.79. The minimum atomic E-state index is -0.233. The lowest BCUT2D eigenvalue weighted by Gasteiger charge is -2.41. The SMILES string of the molecule is [C-]#[N+]Cc1ccc(N2CCC[C@]3(CCN(C4CCC(O)CC4)C3=O)C2)cc1. The van der Waals surface area contributed by atoms with Crippen molar-refractivity contribution in [1.29, 1.82) is 0 Å². The second kappa shape index (κ2) is 7.52.